The zero-order valence-electron chi connectivity index (χ0n) is 9.37. The lowest BCUT2D eigenvalue weighted by Gasteiger charge is -2.18. The summed E-state index contributed by atoms with van der Waals surface area (Å²) in [5, 5.41) is 2.79. The van der Waals surface area contributed by atoms with Crippen LogP contribution in [-0.2, 0) is 9.53 Å². The number of rotatable bonds is 5. The molecular weight excluding hydrogens is 182 g/mol. The second kappa shape index (κ2) is 5.73. The molecule has 0 aliphatic heterocycles. The number of esters is 1. The van der Waals surface area contributed by atoms with Crippen molar-refractivity contribution in [3.8, 4) is 0 Å². The maximum absolute atomic E-state index is 11.2. The molecule has 0 aromatic rings. The molecule has 0 saturated carbocycles. The second-order valence-corrected chi connectivity index (χ2v) is 4.47. The Morgan fingerprint density at radius 1 is 1.43 bits per heavy atom. The Balaban J connectivity index is 4.03. The normalized spacial score (nSPS) is 13.4. The number of carbonyl (C=O) groups is 1. The molecule has 1 unspecified atom stereocenters. The van der Waals surface area contributed by atoms with Crippen molar-refractivity contribution in [2.75, 3.05) is 6.61 Å². The van der Waals surface area contributed by atoms with Crippen molar-refractivity contribution in [1.82, 2.24) is 0 Å². The van der Waals surface area contributed by atoms with E-state index in [1.165, 1.54) is 0 Å². The minimum Gasteiger partial charge on any atom is -0.464 e. The summed E-state index contributed by atoms with van der Waals surface area (Å²) in [6, 6.07) is -0.839. The zero-order chi connectivity index (χ0) is 11.2. The van der Waals surface area contributed by atoms with Crippen LogP contribution in [0.4, 0.5) is 0 Å². The number of carbonyl (C=O) groups excluding carboxylic acids is 1. The minimum atomic E-state index is -0.839. The van der Waals surface area contributed by atoms with Gasteiger partial charge in [0.05, 0.1) is 6.61 Å². The fraction of sp³-hybridized carbons (Fsp3) is 0.900. The fourth-order valence-corrected chi connectivity index (χ4v) is 1.02. The molecule has 4 nitrogen and oxygen atoms in total. The summed E-state index contributed by atoms with van der Waals surface area (Å²) in [4.78, 5) is 21.6. The molecule has 82 valence electrons. The van der Waals surface area contributed by atoms with Crippen molar-refractivity contribution in [2.45, 2.75) is 46.6 Å². The van der Waals surface area contributed by atoms with Gasteiger partial charge in [-0.1, -0.05) is 25.9 Å². The number of nitroso groups, excluding NO2 is 1. The summed E-state index contributed by atoms with van der Waals surface area (Å²) >= 11 is 0. The van der Waals surface area contributed by atoms with Gasteiger partial charge < -0.3 is 4.74 Å². The van der Waals surface area contributed by atoms with Crippen LogP contribution in [0.1, 0.15) is 40.5 Å². The van der Waals surface area contributed by atoms with E-state index in [1.54, 1.807) is 6.92 Å². The van der Waals surface area contributed by atoms with Gasteiger partial charge in [-0.15, -0.1) is 4.91 Å². The fourth-order valence-electron chi connectivity index (χ4n) is 1.02. The molecule has 0 radical (unpaired) electrons. The molecule has 0 spiro atoms. The summed E-state index contributed by atoms with van der Waals surface area (Å²) in [5.41, 5.74) is 0.107. The maximum Gasteiger partial charge on any atom is 0.334 e. The Bertz CT molecular complexity index is 196. The monoisotopic (exact) mass is 201 g/mol. The van der Waals surface area contributed by atoms with Crippen LogP contribution in [0.3, 0.4) is 0 Å². The number of ether oxygens (including phenoxy) is 1. The van der Waals surface area contributed by atoms with Crippen LogP contribution in [0.2, 0.25) is 0 Å². The highest BCUT2D eigenvalue weighted by Gasteiger charge is 2.23. The summed E-state index contributed by atoms with van der Waals surface area (Å²) < 4.78 is 4.73. The molecule has 0 N–H and O–H groups in total. The van der Waals surface area contributed by atoms with E-state index in [-0.39, 0.29) is 5.41 Å². The highest BCUT2D eigenvalue weighted by molar-refractivity contribution is 5.75. The topological polar surface area (TPSA) is 55.7 Å². The van der Waals surface area contributed by atoms with E-state index < -0.39 is 12.0 Å². The van der Waals surface area contributed by atoms with Gasteiger partial charge in [0, 0.05) is 0 Å². The highest BCUT2D eigenvalue weighted by atomic mass is 16.5. The molecule has 14 heavy (non-hydrogen) atoms. The SMILES string of the molecule is CCOC(=O)C(CCC(C)(C)C)N=O. The van der Waals surface area contributed by atoms with Crippen molar-refractivity contribution >= 4 is 5.97 Å². The van der Waals surface area contributed by atoms with E-state index in [9.17, 15) is 9.70 Å². The standard InChI is InChI=1S/C10H19NO3/c1-5-14-9(12)8(11-13)6-7-10(2,3)4/h8H,5-7H2,1-4H3. The van der Waals surface area contributed by atoms with Gasteiger partial charge in [0.2, 0.25) is 0 Å². The van der Waals surface area contributed by atoms with Crippen LogP contribution >= 0.6 is 0 Å². The van der Waals surface area contributed by atoms with E-state index in [0.717, 1.165) is 6.42 Å². The summed E-state index contributed by atoms with van der Waals surface area (Å²) in [6.45, 7) is 8.17. The van der Waals surface area contributed by atoms with Crippen LogP contribution in [-0.4, -0.2) is 18.6 Å². The molecule has 0 rings (SSSR count). The Morgan fingerprint density at radius 2 is 2.00 bits per heavy atom. The zero-order valence-corrected chi connectivity index (χ0v) is 9.37. The molecular formula is C10H19NO3. The Kier molecular flexibility index (Phi) is 5.35. The first kappa shape index (κ1) is 13.1. The van der Waals surface area contributed by atoms with E-state index >= 15 is 0 Å². The smallest absolute Gasteiger partial charge is 0.334 e. The lowest BCUT2D eigenvalue weighted by atomic mass is 9.89. The second-order valence-electron chi connectivity index (χ2n) is 4.47. The molecule has 0 aromatic heterocycles. The van der Waals surface area contributed by atoms with Crippen molar-refractivity contribution in [3.05, 3.63) is 4.91 Å². The van der Waals surface area contributed by atoms with Crippen LogP contribution in [0, 0.1) is 10.3 Å². The third-order valence-electron chi connectivity index (χ3n) is 1.85. The molecule has 0 aliphatic rings. The molecule has 0 saturated heterocycles. The molecule has 0 bridgehead atoms. The van der Waals surface area contributed by atoms with Gasteiger partial charge in [0.25, 0.3) is 0 Å². The quantitative estimate of drug-likeness (QED) is 0.507. The lowest BCUT2D eigenvalue weighted by Crippen LogP contribution is -2.23. The van der Waals surface area contributed by atoms with Gasteiger partial charge >= 0.3 is 5.97 Å². The van der Waals surface area contributed by atoms with Gasteiger partial charge in [-0.05, 0) is 25.2 Å². The molecule has 0 fully saturated rings. The maximum atomic E-state index is 11.2. The molecule has 4 heteroatoms. The van der Waals surface area contributed by atoms with E-state index in [1.807, 2.05) is 0 Å². The van der Waals surface area contributed by atoms with Crippen LogP contribution in [0.25, 0.3) is 0 Å². The first-order chi connectivity index (χ1) is 6.40. The minimum absolute atomic E-state index is 0.107. The summed E-state index contributed by atoms with van der Waals surface area (Å²) in [6.07, 6.45) is 1.24. The van der Waals surface area contributed by atoms with Crippen LogP contribution in [0.5, 0.6) is 0 Å². The largest absolute Gasteiger partial charge is 0.464 e. The number of nitrogens with zero attached hydrogens (tertiary/aromatic N) is 1. The van der Waals surface area contributed by atoms with Gasteiger partial charge in [-0.2, -0.15) is 0 Å². The van der Waals surface area contributed by atoms with Gasteiger partial charge in [0.15, 0.2) is 6.04 Å². The third kappa shape index (κ3) is 5.67. The van der Waals surface area contributed by atoms with E-state index in [2.05, 4.69) is 25.9 Å². The Morgan fingerprint density at radius 3 is 2.36 bits per heavy atom. The lowest BCUT2D eigenvalue weighted by molar-refractivity contribution is -0.144. The number of hydrogen-bond acceptors (Lipinski definition) is 4. The summed E-state index contributed by atoms with van der Waals surface area (Å²) in [5.74, 6) is -0.508. The Hall–Kier alpha value is -0.930. The average molecular weight is 201 g/mol. The predicted octanol–water partition coefficient (Wildman–Crippen LogP) is 2.51. The molecule has 1 atom stereocenters. The first-order valence-electron chi connectivity index (χ1n) is 4.90. The van der Waals surface area contributed by atoms with Gasteiger partial charge in [-0.25, -0.2) is 4.79 Å². The van der Waals surface area contributed by atoms with Gasteiger partial charge in [-0.3, -0.25) is 0 Å². The van der Waals surface area contributed by atoms with E-state index in [4.69, 9.17) is 4.74 Å². The summed E-state index contributed by atoms with van der Waals surface area (Å²) in [7, 11) is 0. The van der Waals surface area contributed by atoms with Crippen molar-refractivity contribution in [2.24, 2.45) is 10.6 Å². The molecule has 0 amide bonds. The average Bonchev–Trinajstić information content (AvgIpc) is 2.03. The third-order valence-corrected chi connectivity index (χ3v) is 1.85. The number of hydrogen-bond donors (Lipinski definition) is 0. The molecule has 0 heterocycles. The Labute approximate surface area is 85.0 Å². The van der Waals surface area contributed by atoms with Crippen molar-refractivity contribution < 1.29 is 9.53 Å². The van der Waals surface area contributed by atoms with Crippen molar-refractivity contribution in [3.63, 3.8) is 0 Å². The van der Waals surface area contributed by atoms with Crippen LogP contribution in [0.15, 0.2) is 5.18 Å². The van der Waals surface area contributed by atoms with Crippen molar-refractivity contribution in [1.29, 1.82) is 0 Å². The molecule has 0 aliphatic carbocycles. The predicted molar refractivity (Wildman–Crippen MR) is 54.9 cm³/mol. The first-order valence-corrected chi connectivity index (χ1v) is 4.90. The molecule has 0 aromatic carbocycles. The van der Waals surface area contributed by atoms with E-state index in [0.29, 0.717) is 13.0 Å². The van der Waals surface area contributed by atoms with Gasteiger partial charge in [0.1, 0.15) is 0 Å². The van der Waals surface area contributed by atoms with Crippen LogP contribution < -0.4 is 0 Å². The highest BCUT2D eigenvalue weighted by Crippen LogP contribution is 2.22.